The first kappa shape index (κ1) is 7.82. The summed E-state index contributed by atoms with van der Waals surface area (Å²) in [6.45, 7) is 0. The highest BCUT2D eigenvalue weighted by molar-refractivity contribution is 5.06. The van der Waals surface area contributed by atoms with Crippen LogP contribution in [0.3, 0.4) is 0 Å². The Morgan fingerprint density at radius 3 is 2.82 bits per heavy atom. The lowest BCUT2D eigenvalue weighted by Gasteiger charge is -2.09. The predicted octanol–water partition coefficient (Wildman–Crippen LogP) is 2.01. The number of hydrogen-bond acceptors (Lipinski definition) is 2. The summed E-state index contributed by atoms with van der Waals surface area (Å²) in [5, 5.41) is 17.1. The molecule has 0 N–H and O–H groups in total. The van der Waals surface area contributed by atoms with E-state index < -0.39 is 0 Å². The van der Waals surface area contributed by atoms with Gasteiger partial charge in [0, 0.05) is 0 Å². The maximum absolute atomic E-state index is 8.68. The van der Waals surface area contributed by atoms with Crippen molar-refractivity contribution >= 4 is 0 Å². The van der Waals surface area contributed by atoms with Crippen LogP contribution >= 0.6 is 0 Å². The van der Waals surface area contributed by atoms with E-state index in [1.165, 1.54) is 0 Å². The van der Waals surface area contributed by atoms with Crippen molar-refractivity contribution in [2.45, 2.75) is 19.3 Å². The molecule has 11 heavy (non-hydrogen) atoms. The summed E-state index contributed by atoms with van der Waals surface area (Å²) >= 11 is 0. The highest BCUT2D eigenvalue weighted by Crippen LogP contribution is 2.26. The second-order valence-corrected chi connectivity index (χ2v) is 2.77. The first-order valence-electron chi connectivity index (χ1n) is 3.81. The molecule has 0 radical (unpaired) electrons. The van der Waals surface area contributed by atoms with Crippen molar-refractivity contribution in [3.63, 3.8) is 0 Å². The van der Waals surface area contributed by atoms with Gasteiger partial charge in [0.15, 0.2) is 0 Å². The standard InChI is InChI=1S/C9H10N2/c10-6-5-9(7-11)8-3-1-2-4-8/h1,3,8-9H,2,4-5H2/t8-,9+/m1/s1. The average Bonchev–Trinajstić information content (AvgIpc) is 2.52. The fourth-order valence-electron chi connectivity index (χ4n) is 1.38. The zero-order valence-electron chi connectivity index (χ0n) is 6.33. The fourth-order valence-corrected chi connectivity index (χ4v) is 1.38. The summed E-state index contributed by atoms with van der Waals surface area (Å²) < 4.78 is 0. The van der Waals surface area contributed by atoms with Crippen molar-refractivity contribution in [3.05, 3.63) is 12.2 Å². The summed E-state index contributed by atoms with van der Waals surface area (Å²) in [6, 6.07) is 4.21. The Morgan fingerprint density at radius 2 is 2.36 bits per heavy atom. The lowest BCUT2D eigenvalue weighted by molar-refractivity contribution is 0.485. The molecule has 0 spiro atoms. The van der Waals surface area contributed by atoms with E-state index in [1.807, 2.05) is 6.07 Å². The Morgan fingerprint density at radius 1 is 1.55 bits per heavy atom. The van der Waals surface area contributed by atoms with Crippen LogP contribution in [0.4, 0.5) is 0 Å². The number of hydrogen-bond donors (Lipinski definition) is 0. The Labute approximate surface area is 66.7 Å². The van der Waals surface area contributed by atoms with Crippen molar-refractivity contribution in [2.24, 2.45) is 11.8 Å². The Kier molecular flexibility index (Phi) is 2.69. The summed E-state index contributed by atoms with van der Waals surface area (Å²) in [7, 11) is 0. The van der Waals surface area contributed by atoms with Gasteiger partial charge in [-0.25, -0.2) is 0 Å². The van der Waals surface area contributed by atoms with Crippen LogP contribution in [-0.2, 0) is 0 Å². The molecule has 2 heteroatoms. The molecule has 0 aromatic heterocycles. The molecule has 1 aliphatic carbocycles. The van der Waals surface area contributed by atoms with E-state index in [0.717, 1.165) is 12.8 Å². The molecule has 0 aromatic carbocycles. The van der Waals surface area contributed by atoms with Crippen LogP contribution in [0.15, 0.2) is 12.2 Å². The van der Waals surface area contributed by atoms with Crippen LogP contribution in [0, 0.1) is 34.5 Å². The Balaban J connectivity index is 2.50. The maximum atomic E-state index is 8.68. The number of rotatable bonds is 2. The van der Waals surface area contributed by atoms with Crippen molar-refractivity contribution in [1.29, 1.82) is 10.5 Å². The van der Waals surface area contributed by atoms with E-state index in [9.17, 15) is 0 Å². The van der Waals surface area contributed by atoms with Gasteiger partial charge >= 0.3 is 0 Å². The van der Waals surface area contributed by atoms with E-state index in [-0.39, 0.29) is 5.92 Å². The molecule has 0 aromatic rings. The van der Waals surface area contributed by atoms with Crippen LogP contribution in [0.2, 0.25) is 0 Å². The van der Waals surface area contributed by atoms with Crippen molar-refractivity contribution < 1.29 is 0 Å². The van der Waals surface area contributed by atoms with Gasteiger partial charge in [-0.2, -0.15) is 10.5 Å². The van der Waals surface area contributed by atoms with Gasteiger partial charge in [-0.3, -0.25) is 0 Å². The number of nitriles is 2. The smallest absolute Gasteiger partial charge is 0.0672 e. The van der Waals surface area contributed by atoms with E-state index in [1.54, 1.807) is 0 Å². The average molecular weight is 146 g/mol. The molecule has 0 unspecified atom stereocenters. The highest BCUT2D eigenvalue weighted by Gasteiger charge is 2.20. The molecular weight excluding hydrogens is 136 g/mol. The lowest BCUT2D eigenvalue weighted by Crippen LogP contribution is -2.07. The quantitative estimate of drug-likeness (QED) is 0.559. The van der Waals surface area contributed by atoms with Gasteiger partial charge in [0.2, 0.25) is 0 Å². The first-order chi connectivity index (χ1) is 5.38. The van der Waals surface area contributed by atoms with Gasteiger partial charge in [-0.1, -0.05) is 12.2 Å². The van der Waals surface area contributed by atoms with Gasteiger partial charge in [0.1, 0.15) is 0 Å². The highest BCUT2D eigenvalue weighted by atomic mass is 14.3. The number of nitrogens with zero attached hydrogens (tertiary/aromatic N) is 2. The zero-order valence-corrected chi connectivity index (χ0v) is 6.33. The molecule has 0 aliphatic heterocycles. The van der Waals surface area contributed by atoms with Crippen LogP contribution in [0.5, 0.6) is 0 Å². The molecule has 0 heterocycles. The first-order valence-corrected chi connectivity index (χ1v) is 3.81. The molecule has 0 bridgehead atoms. The third-order valence-corrected chi connectivity index (χ3v) is 2.04. The molecule has 56 valence electrons. The van der Waals surface area contributed by atoms with Crippen LogP contribution in [0.25, 0.3) is 0 Å². The summed E-state index contributed by atoms with van der Waals surface area (Å²) in [5.41, 5.74) is 0. The molecule has 2 atom stereocenters. The molecule has 0 saturated heterocycles. The fraction of sp³-hybridized carbons (Fsp3) is 0.556. The molecule has 1 rings (SSSR count). The molecular formula is C9H10N2. The predicted molar refractivity (Wildman–Crippen MR) is 41.2 cm³/mol. The molecule has 0 fully saturated rings. The second kappa shape index (κ2) is 3.78. The lowest BCUT2D eigenvalue weighted by atomic mass is 9.91. The van der Waals surface area contributed by atoms with Crippen LogP contribution in [-0.4, -0.2) is 0 Å². The van der Waals surface area contributed by atoms with E-state index in [2.05, 4.69) is 18.2 Å². The molecule has 0 amide bonds. The zero-order chi connectivity index (χ0) is 8.10. The van der Waals surface area contributed by atoms with Gasteiger partial charge in [0.05, 0.1) is 24.5 Å². The van der Waals surface area contributed by atoms with Crippen LogP contribution in [0.1, 0.15) is 19.3 Å². The van der Waals surface area contributed by atoms with E-state index in [4.69, 9.17) is 10.5 Å². The minimum absolute atomic E-state index is 0.0845. The third-order valence-electron chi connectivity index (χ3n) is 2.04. The molecule has 0 saturated carbocycles. The van der Waals surface area contributed by atoms with Gasteiger partial charge in [-0.15, -0.1) is 0 Å². The van der Waals surface area contributed by atoms with Crippen LogP contribution < -0.4 is 0 Å². The SMILES string of the molecule is N#CC[C@@H](C#N)[C@@H]1C=CCC1. The Hall–Kier alpha value is -1.28. The largest absolute Gasteiger partial charge is 0.198 e. The maximum Gasteiger partial charge on any atom is 0.0672 e. The Bertz CT molecular complexity index is 229. The van der Waals surface area contributed by atoms with Gasteiger partial charge < -0.3 is 0 Å². The minimum Gasteiger partial charge on any atom is -0.198 e. The summed E-state index contributed by atoms with van der Waals surface area (Å²) in [6.07, 6.45) is 6.62. The number of allylic oxidation sites excluding steroid dienone is 2. The minimum atomic E-state index is -0.0845. The second-order valence-electron chi connectivity index (χ2n) is 2.77. The monoisotopic (exact) mass is 146 g/mol. The van der Waals surface area contributed by atoms with Crippen molar-refractivity contribution in [2.75, 3.05) is 0 Å². The van der Waals surface area contributed by atoms with Crippen molar-refractivity contribution in [3.8, 4) is 12.1 Å². The molecule has 2 nitrogen and oxygen atoms in total. The molecule has 1 aliphatic rings. The van der Waals surface area contributed by atoms with Gasteiger partial charge in [-0.05, 0) is 18.8 Å². The summed E-state index contributed by atoms with van der Waals surface area (Å²) in [4.78, 5) is 0. The van der Waals surface area contributed by atoms with Gasteiger partial charge in [0.25, 0.3) is 0 Å². The topological polar surface area (TPSA) is 47.6 Å². The third kappa shape index (κ3) is 1.82. The normalized spacial score (nSPS) is 24.0. The van der Waals surface area contributed by atoms with E-state index in [0.29, 0.717) is 12.3 Å². The van der Waals surface area contributed by atoms with Crippen molar-refractivity contribution in [1.82, 2.24) is 0 Å². The van der Waals surface area contributed by atoms with E-state index >= 15 is 0 Å². The summed E-state index contributed by atoms with van der Waals surface area (Å²) in [5.74, 6) is 0.249.